The minimum atomic E-state index is -1.60. The van der Waals surface area contributed by atoms with E-state index < -0.39 is 67.3 Å². The molecule has 0 spiro atoms. The van der Waals surface area contributed by atoms with Gasteiger partial charge in [-0.3, -0.25) is 14.4 Å². The van der Waals surface area contributed by atoms with Crippen molar-refractivity contribution in [1.82, 2.24) is 0 Å². The van der Waals surface area contributed by atoms with E-state index in [-0.39, 0.29) is 30.1 Å². The smallest absolute Gasteiger partial charge is 0.374 e. The van der Waals surface area contributed by atoms with Crippen molar-refractivity contribution >= 4 is 41.4 Å². The van der Waals surface area contributed by atoms with E-state index in [2.05, 4.69) is 44.3 Å². The van der Waals surface area contributed by atoms with Crippen LogP contribution in [0.2, 0.25) is 0 Å². The lowest BCUT2D eigenvalue weighted by Crippen LogP contribution is -2.45. The van der Waals surface area contributed by atoms with Gasteiger partial charge < -0.3 is 28.4 Å². The Morgan fingerprint density at radius 3 is 1.63 bits per heavy atom. The second kappa shape index (κ2) is 25.4. The summed E-state index contributed by atoms with van der Waals surface area (Å²) in [7, 11) is 0. The molecule has 0 unspecified atom stereocenters. The quantitative estimate of drug-likeness (QED) is 0.0181. The van der Waals surface area contributed by atoms with Crippen LogP contribution < -0.4 is 9.47 Å². The van der Waals surface area contributed by atoms with E-state index >= 15 is 0 Å². The van der Waals surface area contributed by atoms with Crippen LogP contribution in [0.15, 0.2) is 91.0 Å². The van der Waals surface area contributed by atoms with E-state index in [9.17, 15) is 33.6 Å². The van der Waals surface area contributed by atoms with Crippen LogP contribution in [0.1, 0.15) is 89.8 Å². The standard InChI is InChI=1S/C49H58O13/c1-8-9-10-11-13-37-15-17-38(18-16-37)19-26-44(52)62-42-23-20-39(21-24-42)40-22-25-43(41(28-40)14-12-27-57-45(53)33(2)3)58-29-49(30-59-46(54)34(4)5,31-60-47(55)35(6)50)32-61-48(56)36(7)51/h15-18,20-25,28H,2,4,8-14,19,26-27,29-32H2,1,3,5-7H3. The Morgan fingerprint density at radius 2 is 1.08 bits per heavy atom. The zero-order valence-electron chi connectivity index (χ0n) is 36.5. The first-order valence-electron chi connectivity index (χ1n) is 20.7. The summed E-state index contributed by atoms with van der Waals surface area (Å²) < 4.78 is 33.1. The fourth-order valence-electron chi connectivity index (χ4n) is 5.88. The Bertz CT molecular complexity index is 1990. The van der Waals surface area contributed by atoms with E-state index in [4.69, 9.17) is 28.4 Å². The highest BCUT2D eigenvalue weighted by Gasteiger charge is 2.38. The van der Waals surface area contributed by atoms with E-state index in [1.807, 2.05) is 18.2 Å². The zero-order chi connectivity index (χ0) is 45.7. The molecule has 0 bridgehead atoms. The normalized spacial score (nSPS) is 10.9. The van der Waals surface area contributed by atoms with Crippen LogP contribution in [0, 0.1) is 5.41 Å². The molecule has 0 amide bonds. The molecule has 0 aliphatic rings. The summed E-state index contributed by atoms with van der Waals surface area (Å²) in [6.45, 7) is 12.3. The Hall–Kier alpha value is -6.37. The van der Waals surface area contributed by atoms with Gasteiger partial charge in [0.05, 0.1) is 6.61 Å². The molecular weight excluding hydrogens is 797 g/mol. The molecule has 0 atom stereocenters. The van der Waals surface area contributed by atoms with Crippen molar-refractivity contribution in [1.29, 1.82) is 0 Å². The number of esters is 5. The lowest BCUT2D eigenvalue weighted by atomic mass is 9.91. The van der Waals surface area contributed by atoms with Crippen LogP contribution >= 0.6 is 0 Å². The maximum Gasteiger partial charge on any atom is 0.374 e. The highest BCUT2D eigenvalue weighted by Crippen LogP contribution is 2.31. The molecule has 0 N–H and O–H groups in total. The molecule has 0 aliphatic heterocycles. The van der Waals surface area contributed by atoms with Crippen molar-refractivity contribution in [2.75, 3.05) is 33.0 Å². The zero-order valence-corrected chi connectivity index (χ0v) is 36.5. The highest BCUT2D eigenvalue weighted by atomic mass is 16.6. The molecule has 13 heteroatoms. The Morgan fingerprint density at radius 1 is 0.548 bits per heavy atom. The molecule has 13 nitrogen and oxygen atoms in total. The number of carbonyl (C=O) groups excluding carboxylic acids is 7. The van der Waals surface area contributed by atoms with Crippen molar-refractivity contribution in [3.05, 3.63) is 108 Å². The second-order valence-electron chi connectivity index (χ2n) is 15.4. The topological polar surface area (TPSA) is 175 Å². The predicted octanol–water partition coefficient (Wildman–Crippen LogP) is 7.82. The van der Waals surface area contributed by atoms with Crippen molar-refractivity contribution in [3.8, 4) is 22.6 Å². The van der Waals surface area contributed by atoms with Gasteiger partial charge in [0, 0.05) is 31.4 Å². The number of aryl methyl sites for hydroxylation is 3. The van der Waals surface area contributed by atoms with Crippen molar-refractivity contribution in [2.24, 2.45) is 5.41 Å². The number of unbranched alkanes of at least 4 members (excludes halogenated alkanes) is 3. The van der Waals surface area contributed by atoms with Gasteiger partial charge in [-0.05, 0) is 98.0 Å². The number of Topliss-reactive ketones (excluding diaryl/α,β-unsaturated/α-hetero) is 2. The van der Waals surface area contributed by atoms with Crippen LogP contribution in [-0.4, -0.2) is 74.4 Å². The molecule has 0 radical (unpaired) electrons. The van der Waals surface area contributed by atoms with Gasteiger partial charge in [-0.25, -0.2) is 19.2 Å². The molecular formula is C49H58O13. The first-order chi connectivity index (χ1) is 29.5. The van der Waals surface area contributed by atoms with Gasteiger partial charge in [-0.2, -0.15) is 0 Å². The molecule has 0 aromatic heterocycles. The molecule has 0 heterocycles. The van der Waals surface area contributed by atoms with Gasteiger partial charge in [0.25, 0.3) is 0 Å². The molecule has 332 valence electrons. The van der Waals surface area contributed by atoms with E-state index in [0.29, 0.717) is 36.3 Å². The summed E-state index contributed by atoms with van der Waals surface area (Å²) in [5.74, 6) is -5.15. The van der Waals surface area contributed by atoms with Crippen LogP contribution in [0.4, 0.5) is 0 Å². The predicted molar refractivity (Wildman–Crippen MR) is 231 cm³/mol. The number of hydrogen-bond acceptors (Lipinski definition) is 13. The maximum absolute atomic E-state index is 12.8. The third-order valence-corrected chi connectivity index (χ3v) is 9.60. The fraction of sp³-hybridized carbons (Fsp3) is 0.408. The summed E-state index contributed by atoms with van der Waals surface area (Å²) >= 11 is 0. The lowest BCUT2D eigenvalue weighted by Gasteiger charge is -2.32. The van der Waals surface area contributed by atoms with Gasteiger partial charge in [-0.1, -0.05) is 81.8 Å². The molecule has 0 saturated carbocycles. The van der Waals surface area contributed by atoms with Crippen LogP contribution in [-0.2, 0) is 71.8 Å². The highest BCUT2D eigenvalue weighted by molar-refractivity contribution is 6.32. The summed E-state index contributed by atoms with van der Waals surface area (Å²) in [5.41, 5.74) is 3.29. The summed E-state index contributed by atoms with van der Waals surface area (Å²) in [6.07, 6.45) is 7.41. The lowest BCUT2D eigenvalue weighted by molar-refractivity contribution is -0.168. The van der Waals surface area contributed by atoms with Gasteiger partial charge in [-0.15, -0.1) is 0 Å². The van der Waals surface area contributed by atoms with Gasteiger partial charge in [0.15, 0.2) is 0 Å². The second-order valence-corrected chi connectivity index (χ2v) is 15.4. The summed E-state index contributed by atoms with van der Waals surface area (Å²) in [6, 6.07) is 20.7. The fourth-order valence-corrected chi connectivity index (χ4v) is 5.88. The molecule has 3 aromatic rings. The Balaban J connectivity index is 1.83. The van der Waals surface area contributed by atoms with Gasteiger partial charge in [0.2, 0.25) is 11.6 Å². The molecule has 3 aromatic carbocycles. The number of ether oxygens (including phenoxy) is 6. The van der Waals surface area contributed by atoms with E-state index in [1.54, 1.807) is 31.2 Å². The summed E-state index contributed by atoms with van der Waals surface area (Å²) in [5, 5.41) is 0. The molecule has 62 heavy (non-hydrogen) atoms. The molecule has 0 saturated heterocycles. The number of rotatable bonds is 27. The van der Waals surface area contributed by atoms with Crippen LogP contribution in [0.5, 0.6) is 11.5 Å². The van der Waals surface area contributed by atoms with Gasteiger partial charge in [0.1, 0.15) is 43.3 Å². The Kier molecular flexibility index (Phi) is 20.5. The van der Waals surface area contributed by atoms with Crippen LogP contribution in [0.25, 0.3) is 11.1 Å². The Labute approximate surface area is 363 Å². The average Bonchev–Trinajstić information content (AvgIpc) is 3.25. The maximum atomic E-state index is 12.8. The van der Waals surface area contributed by atoms with Gasteiger partial charge >= 0.3 is 29.8 Å². The third-order valence-electron chi connectivity index (χ3n) is 9.60. The van der Waals surface area contributed by atoms with Crippen molar-refractivity contribution in [3.63, 3.8) is 0 Å². The molecule has 0 fully saturated rings. The number of ketones is 2. The summed E-state index contributed by atoms with van der Waals surface area (Å²) in [4.78, 5) is 85.3. The van der Waals surface area contributed by atoms with E-state index in [0.717, 1.165) is 37.0 Å². The first-order valence-corrected chi connectivity index (χ1v) is 20.7. The third kappa shape index (κ3) is 17.3. The minimum Gasteiger partial charge on any atom is -0.492 e. The largest absolute Gasteiger partial charge is 0.492 e. The number of benzene rings is 3. The minimum absolute atomic E-state index is 0.0577. The van der Waals surface area contributed by atoms with Crippen molar-refractivity contribution in [2.45, 2.75) is 92.4 Å². The van der Waals surface area contributed by atoms with E-state index in [1.165, 1.54) is 38.2 Å². The van der Waals surface area contributed by atoms with Crippen molar-refractivity contribution < 1.29 is 62.0 Å². The van der Waals surface area contributed by atoms with Crippen LogP contribution in [0.3, 0.4) is 0 Å². The number of hydrogen-bond donors (Lipinski definition) is 0. The monoisotopic (exact) mass is 854 g/mol. The first kappa shape index (κ1) is 50.0. The molecule has 3 rings (SSSR count). The average molecular weight is 855 g/mol. The molecule has 0 aliphatic carbocycles. The number of carbonyl (C=O) groups is 7. The SMILES string of the molecule is C=C(C)C(=O)OCCCc1cc(-c2ccc(OC(=O)CCc3ccc(CCCCCC)cc3)cc2)ccc1OCC(COC(=O)C(=C)C)(COC(=O)C(C)=O)COC(=O)C(C)=O.